The minimum atomic E-state index is -4.34. The molecule has 1 unspecified atom stereocenters. The van der Waals surface area contributed by atoms with Crippen molar-refractivity contribution >= 4 is 17.3 Å². The van der Waals surface area contributed by atoms with Crippen LogP contribution in [-0.2, 0) is 0 Å². The average molecular weight is 371 g/mol. The topological polar surface area (TPSA) is 12.5 Å². The Morgan fingerprint density at radius 1 is 1.28 bits per heavy atom. The Labute approximate surface area is 147 Å². The second kappa shape index (κ2) is 6.88. The maximum Gasteiger partial charge on any atom is 0.404 e. The number of halogens is 4. The molecule has 1 atom stereocenters. The number of ether oxygens (including phenoxy) is 1. The molecule has 134 valence electrons. The molecular weight excluding hydrogens is 354 g/mol. The summed E-state index contributed by atoms with van der Waals surface area (Å²) in [6, 6.07) is 4.10. The number of alkyl halides is 3. The van der Waals surface area contributed by atoms with E-state index in [0.29, 0.717) is 34.0 Å². The first-order chi connectivity index (χ1) is 11.8. The van der Waals surface area contributed by atoms with Crippen molar-refractivity contribution < 1.29 is 22.3 Å². The van der Waals surface area contributed by atoms with Crippen LogP contribution in [0.25, 0.3) is 5.57 Å². The average Bonchev–Trinajstić information content (AvgIpc) is 2.52. The van der Waals surface area contributed by atoms with E-state index in [9.17, 15) is 17.6 Å². The molecule has 1 aromatic rings. The Bertz CT molecular complexity index is 765. The number of hydrogen-bond acceptors (Lipinski definition) is 3. The maximum absolute atomic E-state index is 13.5. The van der Waals surface area contributed by atoms with Crippen LogP contribution in [0.2, 0.25) is 0 Å². The number of fused-ring (bicyclic) bond motifs is 1. The fourth-order valence-corrected chi connectivity index (χ4v) is 3.73. The van der Waals surface area contributed by atoms with E-state index in [4.69, 9.17) is 4.74 Å². The zero-order chi connectivity index (χ0) is 18.2. The molecule has 0 radical (unpaired) electrons. The molecular formula is C18H17F4NOS. The van der Waals surface area contributed by atoms with Crippen molar-refractivity contribution in [3.8, 4) is 5.75 Å². The summed E-state index contributed by atoms with van der Waals surface area (Å²) in [5.41, 5.74) is 1.28. The van der Waals surface area contributed by atoms with Gasteiger partial charge in [0, 0.05) is 18.2 Å². The highest BCUT2D eigenvalue weighted by Gasteiger charge is 2.42. The summed E-state index contributed by atoms with van der Waals surface area (Å²) in [7, 11) is 3.85. The molecule has 25 heavy (non-hydrogen) atoms. The van der Waals surface area contributed by atoms with Crippen LogP contribution in [-0.4, -0.2) is 37.0 Å². The Kier molecular flexibility index (Phi) is 4.97. The van der Waals surface area contributed by atoms with Gasteiger partial charge in [-0.05, 0) is 44.3 Å². The molecule has 0 aliphatic carbocycles. The Hall–Kier alpha value is -1.73. The van der Waals surface area contributed by atoms with Gasteiger partial charge in [0.05, 0.1) is 4.91 Å². The van der Waals surface area contributed by atoms with Crippen molar-refractivity contribution in [3.63, 3.8) is 0 Å². The van der Waals surface area contributed by atoms with Crippen LogP contribution in [0.1, 0.15) is 12.0 Å². The molecule has 0 aromatic heterocycles. The second-order valence-electron chi connectivity index (χ2n) is 6.08. The van der Waals surface area contributed by atoms with Gasteiger partial charge in [-0.3, -0.25) is 0 Å². The van der Waals surface area contributed by atoms with Gasteiger partial charge in [0.2, 0.25) is 0 Å². The third-order valence-corrected chi connectivity index (χ3v) is 5.17. The highest BCUT2D eigenvalue weighted by Crippen LogP contribution is 2.50. The van der Waals surface area contributed by atoms with Crippen LogP contribution in [0.4, 0.5) is 17.6 Å². The van der Waals surface area contributed by atoms with E-state index in [2.05, 4.69) is 0 Å². The van der Waals surface area contributed by atoms with E-state index in [1.807, 2.05) is 25.1 Å². The van der Waals surface area contributed by atoms with Crippen molar-refractivity contribution in [2.24, 2.45) is 0 Å². The van der Waals surface area contributed by atoms with Crippen molar-refractivity contribution in [3.05, 3.63) is 58.5 Å². The van der Waals surface area contributed by atoms with Crippen LogP contribution >= 0.6 is 11.8 Å². The molecule has 2 nitrogen and oxygen atoms in total. The van der Waals surface area contributed by atoms with E-state index >= 15 is 0 Å². The van der Waals surface area contributed by atoms with Crippen LogP contribution in [0.5, 0.6) is 5.75 Å². The van der Waals surface area contributed by atoms with E-state index in [-0.39, 0.29) is 0 Å². The predicted molar refractivity (Wildman–Crippen MR) is 91.8 cm³/mol. The molecule has 3 rings (SSSR count). The molecule has 2 heterocycles. The minimum absolute atomic E-state index is 0.325. The molecule has 0 fully saturated rings. The van der Waals surface area contributed by atoms with Gasteiger partial charge in [-0.1, -0.05) is 12.2 Å². The SMILES string of the molecule is CN(C)CCC=C1C2=C(C=CC(C(F)(F)F)S2)Oc2cc(F)ccc21. The Morgan fingerprint density at radius 2 is 2.04 bits per heavy atom. The lowest BCUT2D eigenvalue weighted by Gasteiger charge is -2.30. The fraction of sp³-hybridized carbons (Fsp3) is 0.333. The highest BCUT2D eigenvalue weighted by molar-refractivity contribution is 8.04. The molecule has 7 heteroatoms. The number of hydrogen-bond donors (Lipinski definition) is 0. The molecule has 0 saturated heterocycles. The monoisotopic (exact) mass is 371 g/mol. The fourth-order valence-electron chi connectivity index (χ4n) is 2.64. The Morgan fingerprint density at radius 3 is 2.72 bits per heavy atom. The lowest BCUT2D eigenvalue weighted by atomic mass is 9.99. The molecule has 0 amide bonds. The third kappa shape index (κ3) is 3.93. The highest BCUT2D eigenvalue weighted by atomic mass is 32.2. The summed E-state index contributed by atoms with van der Waals surface area (Å²) in [6.07, 6.45) is 0.630. The zero-order valence-electron chi connectivity index (χ0n) is 13.7. The number of allylic oxidation sites excluding steroid dienone is 2. The van der Waals surface area contributed by atoms with E-state index in [1.165, 1.54) is 18.2 Å². The van der Waals surface area contributed by atoms with Crippen LogP contribution in [0.15, 0.2) is 47.1 Å². The van der Waals surface area contributed by atoms with Gasteiger partial charge in [0.25, 0.3) is 0 Å². The van der Waals surface area contributed by atoms with Gasteiger partial charge in [0.15, 0.2) is 0 Å². The van der Waals surface area contributed by atoms with Crippen LogP contribution < -0.4 is 4.74 Å². The second-order valence-corrected chi connectivity index (χ2v) is 7.24. The van der Waals surface area contributed by atoms with Gasteiger partial charge < -0.3 is 9.64 Å². The Balaban J connectivity index is 2.00. The summed E-state index contributed by atoms with van der Waals surface area (Å²) < 4.78 is 58.5. The van der Waals surface area contributed by atoms with Gasteiger partial charge in [-0.2, -0.15) is 13.2 Å². The molecule has 0 saturated carbocycles. The van der Waals surface area contributed by atoms with Gasteiger partial charge in [0.1, 0.15) is 22.6 Å². The van der Waals surface area contributed by atoms with Crippen molar-refractivity contribution in [2.45, 2.75) is 17.8 Å². The van der Waals surface area contributed by atoms with Crippen molar-refractivity contribution in [1.29, 1.82) is 0 Å². The molecule has 1 aromatic carbocycles. The predicted octanol–water partition coefficient (Wildman–Crippen LogP) is 5.00. The van der Waals surface area contributed by atoms with Crippen LogP contribution in [0, 0.1) is 5.82 Å². The largest absolute Gasteiger partial charge is 0.455 e. The number of thioether (sulfide) groups is 1. The van der Waals surface area contributed by atoms with Crippen molar-refractivity contribution in [1.82, 2.24) is 4.90 Å². The summed E-state index contributed by atoms with van der Waals surface area (Å²) in [6.45, 7) is 0.757. The molecule has 2 aliphatic heterocycles. The summed E-state index contributed by atoms with van der Waals surface area (Å²) >= 11 is 0.724. The number of benzene rings is 1. The first-order valence-electron chi connectivity index (χ1n) is 7.74. The minimum Gasteiger partial charge on any atom is -0.455 e. The van der Waals surface area contributed by atoms with E-state index < -0.39 is 17.2 Å². The van der Waals surface area contributed by atoms with Crippen molar-refractivity contribution in [2.75, 3.05) is 20.6 Å². The van der Waals surface area contributed by atoms with Crippen LogP contribution in [0.3, 0.4) is 0 Å². The van der Waals surface area contributed by atoms with E-state index in [1.54, 1.807) is 6.07 Å². The molecule has 0 bridgehead atoms. The smallest absolute Gasteiger partial charge is 0.404 e. The summed E-state index contributed by atoms with van der Waals surface area (Å²) in [5.74, 6) is 0.210. The summed E-state index contributed by atoms with van der Waals surface area (Å²) in [4.78, 5) is 2.44. The standard InChI is InChI=1S/C18H17F4NOS/c1-23(2)9-3-4-13-12-6-5-11(19)10-15(12)24-14-7-8-16(18(20,21)22)25-17(13)14/h4-8,10,16H,3,9H2,1-2H3. The third-order valence-electron chi connectivity index (χ3n) is 3.84. The normalized spacial score (nSPS) is 21.4. The quantitative estimate of drug-likeness (QED) is 0.694. The number of rotatable bonds is 3. The lowest BCUT2D eigenvalue weighted by molar-refractivity contribution is -0.120. The van der Waals surface area contributed by atoms with E-state index in [0.717, 1.165) is 24.4 Å². The first-order valence-corrected chi connectivity index (χ1v) is 8.62. The lowest BCUT2D eigenvalue weighted by Crippen LogP contribution is -2.26. The molecule has 0 N–H and O–H groups in total. The zero-order valence-corrected chi connectivity index (χ0v) is 14.5. The molecule has 0 spiro atoms. The van der Waals surface area contributed by atoms with Gasteiger partial charge in [-0.25, -0.2) is 4.39 Å². The van der Waals surface area contributed by atoms with Gasteiger partial charge in [-0.15, -0.1) is 11.8 Å². The summed E-state index contributed by atoms with van der Waals surface area (Å²) in [5, 5.41) is -1.62. The number of nitrogens with zero attached hydrogens (tertiary/aromatic N) is 1. The first kappa shape index (κ1) is 18.1. The van der Waals surface area contributed by atoms with Gasteiger partial charge >= 0.3 is 6.18 Å². The maximum atomic E-state index is 13.5. The molecule has 2 aliphatic rings.